The summed E-state index contributed by atoms with van der Waals surface area (Å²) >= 11 is 0. The number of ether oxygens (including phenoxy) is 1. The van der Waals surface area contributed by atoms with Crippen molar-refractivity contribution in [3.8, 4) is 0 Å². The van der Waals surface area contributed by atoms with E-state index in [4.69, 9.17) is 17.8 Å². The predicted molar refractivity (Wildman–Crippen MR) is 71.5 cm³/mol. The van der Waals surface area contributed by atoms with Crippen LogP contribution in [0.3, 0.4) is 0 Å². The number of hydrogen-bond acceptors (Lipinski definition) is 3. The Balaban J connectivity index is 2.98. The molecule has 0 N–H and O–H groups in total. The highest BCUT2D eigenvalue weighted by Gasteiger charge is 2.43. The minimum atomic E-state index is -3.69. The minimum absolute atomic E-state index is 0.173. The van der Waals surface area contributed by atoms with Gasteiger partial charge in [-0.15, -0.1) is 0 Å². The molecule has 0 radical (unpaired) electrons. The highest BCUT2D eigenvalue weighted by atomic mass is 16.5. The SMILES string of the molecule is [2H]C([2H])([2H])C([2H])([2H])OC(=O)C1(c2ccccc2)C([2H])([2H])C([2H])([2H])N(C)C([2H])([2H])C1([2H])[2H]. The number of rotatable bonds is 3. The van der Waals surface area contributed by atoms with E-state index in [1.54, 1.807) is 0 Å². The van der Waals surface area contributed by atoms with Gasteiger partial charge in [-0.1, -0.05) is 30.3 Å². The molecule has 3 heteroatoms. The molecule has 1 aromatic carbocycles. The molecule has 98 valence electrons. The number of hydrogen-bond donors (Lipinski definition) is 0. The maximum Gasteiger partial charge on any atom is 0.316 e. The topological polar surface area (TPSA) is 29.5 Å². The average Bonchev–Trinajstić information content (AvgIpc) is 2.59. The lowest BCUT2D eigenvalue weighted by atomic mass is 9.73. The lowest BCUT2D eigenvalue weighted by molar-refractivity contribution is -0.152. The van der Waals surface area contributed by atoms with E-state index in [1.807, 2.05) is 0 Å². The minimum Gasteiger partial charge on any atom is -0.465 e. The summed E-state index contributed by atoms with van der Waals surface area (Å²) in [5.41, 5.74) is -3.98. The molecule has 1 aliphatic heterocycles. The highest BCUT2D eigenvalue weighted by molar-refractivity contribution is 5.83. The second-order valence-electron chi connectivity index (χ2n) is 3.64. The van der Waals surface area contributed by atoms with Gasteiger partial charge >= 0.3 is 5.97 Å². The third-order valence-corrected chi connectivity index (χ3v) is 2.48. The van der Waals surface area contributed by atoms with Gasteiger partial charge in [-0.05, 0) is 45.2 Å². The van der Waals surface area contributed by atoms with Gasteiger partial charge in [0, 0.05) is 15.1 Å². The summed E-state index contributed by atoms with van der Waals surface area (Å²) in [6, 6.07) is 6.03. The second kappa shape index (κ2) is 5.53. The Kier molecular flexibility index (Phi) is 1.33. The van der Waals surface area contributed by atoms with Crippen molar-refractivity contribution in [2.75, 3.05) is 26.6 Å². The van der Waals surface area contributed by atoms with E-state index in [0.717, 1.165) is 19.2 Å². The van der Waals surface area contributed by atoms with Crippen molar-refractivity contribution in [2.24, 2.45) is 0 Å². The van der Waals surface area contributed by atoms with Crippen molar-refractivity contribution in [3.63, 3.8) is 0 Å². The summed E-state index contributed by atoms with van der Waals surface area (Å²) in [5.74, 6) is -2.09. The third kappa shape index (κ3) is 2.41. The van der Waals surface area contributed by atoms with E-state index in [1.165, 1.54) is 18.2 Å². The van der Waals surface area contributed by atoms with Gasteiger partial charge in [-0.3, -0.25) is 4.79 Å². The van der Waals surface area contributed by atoms with Crippen molar-refractivity contribution in [1.29, 1.82) is 0 Å². The Morgan fingerprint density at radius 3 is 2.78 bits per heavy atom. The number of esters is 1. The molecule has 3 nitrogen and oxygen atoms in total. The number of benzene rings is 1. The van der Waals surface area contributed by atoms with Crippen molar-refractivity contribution < 1.29 is 27.4 Å². The summed E-state index contributed by atoms with van der Waals surface area (Å²) in [6.07, 6.45) is -7.12. The van der Waals surface area contributed by atoms with E-state index in [2.05, 4.69) is 4.74 Å². The molecule has 1 saturated heterocycles. The van der Waals surface area contributed by atoms with Gasteiger partial charge in [0.15, 0.2) is 0 Å². The molecular weight excluding hydrogens is 226 g/mol. The first-order chi connectivity index (χ1) is 13.6. The molecule has 0 aromatic heterocycles. The fourth-order valence-corrected chi connectivity index (χ4v) is 1.57. The van der Waals surface area contributed by atoms with Crippen LogP contribution in [0.15, 0.2) is 30.3 Å². The smallest absolute Gasteiger partial charge is 0.316 e. The largest absolute Gasteiger partial charge is 0.465 e. The van der Waals surface area contributed by atoms with Crippen LogP contribution in [-0.4, -0.2) is 37.5 Å². The van der Waals surface area contributed by atoms with Crippen LogP contribution >= 0.6 is 0 Å². The monoisotopic (exact) mass is 260 g/mol. The lowest BCUT2D eigenvalue weighted by Crippen LogP contribution is -2.47. The zero-order valence-electron chi connectivity index (χ0n) is 22.7. The first-order valence-electron chi connectivity index (χ1n) is 11.7. The van der Waals surface area contributed by atoms with Crippen LogP contribution in [0.2, 0.25) is 0 Å². The molecule has 1 fully saturated rings. The Bertz CT molecular complexity index is 822. The van der Waals surface area contributed by atoms with Gasteiger partial charge in [-0.25, -0.2) is 0 Å². The summed E-state index contributed by atoms with van der Waals surface area (Å²) in [7, 11) is 0.803. The van der Waals surface area contributed by atoms with Gasteiger partial charge in [-0.2, -0.15) is 0 Å². The molecule has 0 atom stereocenters. The van der Waals surface area contributed by atoms with E-state index in [-0.39, 0.29) is 4.90 Å². The highest BCUT2D eigenvalue weighted by Crippen LogP contribution is 2.36. The number of carbonyl (C=O) groups excluding carboxylic acids is 1. The van der Waals surface area contributed by atoms with Crippen LogP contribution in [0.25, 0.3) is 0 Å². The Labute approximate surface area is 127 Å². The molecule has 0 unspecified atom stereocenters. The van der Waals surface area contributed by atoms with Crippen molar-refractivity contribution in [2.45, 2.75) is 25.0 Å². The van der Waals surface area contributed by atoms with Crippen LogP contribution in [0.5, 0.6) is 0 Å². The fourth-order valence-electron chi connectivity index (χ4n) is 1.57. The molecule has 0 bridgehead atoms. The molecule has 18 heavy (non-hydrogen) atoms. The summed E-state index contributed by atoms with van der Waals surface area (Å²) in [5, 5.41) is 0. The summed E-state index contributed by atoms with van der Waals surface area (Å²) < 4.78 is 108. The van der Waals surface area contributed by atoms with Crippen LogP contribution in [-0.2, 0) is 14.9 Å². The van der Waals surface area contributed by atoms with Gasteiger partial charge in [0.2, 0.25) is 0 Å². The molecule has 0 aliphatic carbocycles. The summed E-state index contributed by atoms with van der Waals surface area (Å²) in [6.45, 7) is -13.9. The van der Waals surface area contributed by atoms with E-state index in [9.17, 15) is 4.79 Å². The van der Waals surface area contributed by atoms with Crippen LogP contribution in [0.4, 0.5) is 0 Å². The van der Waals surface area contributed by atoms with Gasteiger partial charge < -0.3 is 9.64 Å². The fraction of sp³-hybridized carbons (Fsp3) is 0.533. The second-order valence-corrected chi connectivity index (χ2v) is 3.64. The van der Waals surface area contributed by atoms with Crippen LogP contribution < -0.4 is 0 Å². The number of piperidine rings is 1. The van der Waals surface area contributed by atoms with E-state index in [0.29, 0.717) is 0 Å². The first-order valence-corrected chi connectivity index (χ1v) is 5.17. The van der Waals surface area contributed by atoms with Crippen LogP contribution in [0, 0.1) is 0 Å². The normalized spacial score (nSPS) is 42.8. The number of nitrogens with zero attached hydrogens (tertiary/aromatic N) is 1. The zero-order chi connectivity index (χ0) is 24.5. The third-order valence-electron chi connectivity index (χ3n) is 2.48. The Morgan fingerprint density at radius 1 is 1.50 bits per heavy atom. The molecule has 0 saturated carbocycles. The standard InChI is InChI=1S/C15H21NO2/c1-3-18-14(17)15(9-11-16(2)12-10-15)13-7-5-4-6-8-13/h4-8H,3,9-12H2,1-2H3/i1D3,3D2,9D2,10D2,11D2,12D2. The lowest BCUT2D eigenvalue weighted by Gasteiger charge is -2.38. The van der Waals surface area contributed by atoms with Gasteiger partial charge in [0.1, 0.15) is 0 Å². The molecule has 1 heterocycles. The Morgan fingerprint density at radius 2 is 2.17 bits per heavy atom. The van der Waals surface area contributed by atoms with Crippen molar-refractivity contribution >= 4 is 5.97 Å². The molecule has 1 aliphatic rings. The number of carbonyl (C=O) groups is 1. The molecule has 1 aromatic rings. The molecule has 0 spiro atoms. The average molecular weight is 260 g/mol. The number of likely N-dealkylation sites (tertiary alicyclic amines) is 1. The van der Waals surface area contributed by atoms with E-state index >= 15 is 0 Å². The molecule has 2 rings (SSSR count). The van der Waals surface area contributed by atoms with E-state index < -0.39 is 56.1 Å². The van der Waals surface area contributed by atoms with Crippen molar-refractivity contribution in [3.05, 3.63) is 35.9 Å². The van der Waals surface area contributed by atoms with Crippen LogP contribution in [0.1, 0.15) is 43.0 Å². The zero-order valence-corrected chi connectivity index (χ0v) is 9.65. The maximum absolute atomic E-state index is 13.4. The quantitative estimate of drug-likeness (QED) is 0.780. The molecular formula is C15H21NO2. The Hall–Kier alpha value is -1.35. The van der Waals surface area contributed by atoms with Gasteiger partial charge in [0.05, 0.1) is 14.7 Å². The maximum atomic E-state index is 13.4. The summed E-state index contributed by atoms with van der Waals surface area (Å²) in [4.78, 5) is 13.5. The van der Waals surface area contributed by atoms with Gasteiger partial charge in [0.25, 0.3) is 0 Å². The predicted octanol–water partition coefficient (Wildman–Crippen LogP) is 2.21. The first kappa shape index (κ1) is 4.34. The molecule has 0 amide bonds. The van der Waals surface area contributed by atoms with Crippen molar-refractivity contribution in [1.82, 2.24) is 4.90 Å².